The Kier molecular flexibility index (Phi) is 7.29. The van der Waals surface area contributed by atoms with Crippen LogP contribution in [0, 0.1) is 5.82 Å². The number of thioether (sulfide) groups is 1. The van der Waals surface area contributed by atoms with Crippen molar-refractivity contribution in [3.05, 3.63) is 71.0 Å². The average Bonchev–Trinajstić information content (AvgIpc) is 3.16. The summed E-state index contributed by atoms with van der Waals surface area (Å²) in [6.07, 6.45) is 0.591. The highest BCUT2D eigenvalue weighted by molar-refractivity contribution is 8.02. The van der Waals surface area contributed by atoms with Gasteiger partial charge in [0, 0.05) is 23.1 Å². The zero-order valence-electron chi connectivity index (χ0n) is 16.9. The van der Waals surface area contributed by atoms with Crippen LogP contribution >= 0.6 is 23.1 Å². The molecule has 0 aliphatic heterocycles. The average molecular weight is 461 g/mol. The number of carbonyl (C=O) groups excluding carboxylic acids is 1. The van der Waals surface area contributed by atoms with Crippen molar-refractivity contribution in [1.82, 2.24) is 4.98 Å². The van der Waals surface area contributed by atoms with Gasteiger partial charge in [0.1, 0.15) is 16.3 Å². The van der Waals surface area contributed by atoms with E-state index < -0.39 is 16.5 Å². The molecular weight excluding hydrogens is 439 g/mol. The summed E-state index contributed by atoms with van der Waals surface area (Å²) in [5.41, 5.74) is 1.81. The van der Waals surface area contributed by atoms with Crippen molar-refractivity contribution in [2.45, 2.75) is 29.4 Å². The van der Waals surface area contributed by atoms with Gasteiger partial charge in [0.15, 0.2) is 4.34 Å². The third-order valence-corrected chi connectivity index (χ3v) is 6.41. The van der Waals surface area contributed by atoms with Gasteiger partial charge in [-0.15, -0.1) is 11.3 Å². The minimum Gasteiger partial charge on any atom is -0.493 e. The number of ether oxygens (including phenoxy) is 1. The van der Waals surface area contributed by atoms with Gasteiger partial charge in [0.05, 0.1) is 12.3 Å². The molecule has 2 N–H and O–H groups in total. The molecule has 0 atom stereocenters. The van der Waals surface area contributed by atoms with Crippen LogP contribution in [0.2, 0.25) is 0 Å². The molecule has 1 aromatic heterocycles. The number of rotatable bonds is 9. The van der Waals surface area contributed by atoms with Gasteiger partial charge in [0.2, 0.25) is 0 Å². The first-order chi connectivity index (χ1) is 14.7. The van der Waals surface area contributed by atoms with Crippen LogP contribution in [0.4, 0.5) is 10.1 Å². The third kappa shape index (κ3) is 6.53. The molecular formula is C22H21FN2O4S2. The van der Waals surface area contributed by atoms with E-state index in [1.807, 2.05) is 5.38 Å². The zero-order valence-corrected chi connectivity index (χ0v) is 18.6. The summed E-state index contributed by atoms with van der Waals surface area (Å²) in [7, 11) is 0. The van der Waals surface area contributed by atoms with Gasteiger partial charge in [-0.3, -0.25) is 9.59 Å². The predicted octanol–water partition coefficient (Wildman–Crippen LogP) is 5.11. The monoisotopic (exact) mass is 460 g/mol. The van der Waals surface area contributed by atoms with Crippen LogP contribution in [0.5, 0.6) is 5.75 Å². The van der Waals surface area contributed by atoms with E-state index in [-0.39, 0.29) is 5.91 Å². The molecule has 6 nitrogen and oxygen atoms in total. The first kappa shape index (κ1) is 22.8. The minimum atomic E-state index is -0.931. The second-order valence-electron chi connectivity index (χ2n) is 7.11. The van der Waals surface area contributed by atoms with Crippen molar-refractivity contribution in [1.29, 1.82) is 0 Å². The fourth-order valence-electron chi connectivity index (χ4n) is 2.42. The van der Waals surface area contributed by atoms with E-state index in [1.54, 1.807) is 38.1 Å². The SMILES string of the molecule is CC(C)(Sc1nc(CCOc2ccc(NC(=O)c3ccc(F)cc3)cc2)cs1)C(=O)O. The summed E-state index contributed by atoms with van der Waals surface area (Å²) in [6, 6.07) is 12.3. The Labute approximate surface area is 187 Å². The highest BCUT2D eigenvalue weighted by Gasteiger charge is 2.29. The number of hydrogen-bond donors (Lipinski definition) is 2. The van der Waals surface area contributed by atoms with E-state index in [9.17, 15) is 19.1 Å². The summed E-state index contributed by atoms with van der Waals surface area (Å²) in [6.45, 7) is 3.71. The lowest BCUT2D eigenvalue weighted by atomic mass is 10.2. The number of aliphatic carboxylic acids is 1. The van der Waals surface area contributed by atoms with E-state index >= 15 is 0 Å². The number of hydrogen-bond acceptors (Lipinski definition) is 6. The predicted molar refractivity (Wildman–Crippen MR) is 120 cm³/mol. The molecule has 0 spiro atoms. The molecule has 0 unspecified atom stereocenters. The maximum absolute atomic E-state index is 13.0. The zero-order chi connectivity index (χ0) is 22.4. The van der Waals surface area contributed by atoms with Crippen molar-refractivity contribution in [3.63, 3.8) is 0 Å². The Morgan fingerprint density at radius 2 is 1.84 bits per heavy atom. The van der Waals surface area contributed by atoms with Crippen LogP contribution in [0.3, 0.4) is 0 Å². The number of nitrogens with zero attached hydrogens (tertiary/aromatic N) is 1. The fourth-order valence-corrected chi connectivity index (χ4v) is 4.65. The van der Waals surface area contributed by atoms with Crippen molar-refractivity contribution in [2.24, 2.45) is 0 Å². The molecule has 1 amide bonds. The van der Waals surface area contributed by atoms with E-state index in [0.717, 1.165) is 5.69 Å². The van der Waals surface area contributed by atoms with Gasteiger partial charge in [-0.25, -0.2) is 9.37 Å². The van der Waals surface area contributed by atoms with Gasteiger partial charge in [0.25, 0.3) is 5.91 Å². The van der Waals surface area contributed by atoms with Gasteiger partial charge >= 0.3 is 5.97 Å². The Hall–Kier alpha value is -2.91. The first-order valence-electron chi connectivity index (χ1n) is 9.39. The quantitative estimate of drug-likeness (QED) is 0.432. The van der Waals surface area contributed by atoms with E-state index in [0.29, 0.717) is 34.4 Å². The van der Waals surface area contributed by atoms with Crippen LogP contribution in [0.25, 0.3) is 0 Å². The van der Waals surface area contributed by atoms with Crippen molar-refractivity contribution < 1.29 is 23.8 Å². The molecule has 0 saturated carbocycles. The molecule has 3 aromatic rings. The molecule has 0 fully saturated rings. The van der Waals surface area contributed by atoms with Crippen molar-refractivity contribution in [2.75, 3.05) is 11.9 Å². The van der Waals surface area contributed by atoms with Crippen LogP contribution in [0.1, 0.15) is 29.9 Å². The number of benzene rings is 2. The largest absolute Gasteiger partial charge is 0.493 e. The second kappa shape index (κ2) is 9.93. The van der Waals surface area contributed by atoms with Gasteiger partial charge in [-0.2, -0.15) is 0 Å². The molecule has 0 bridgehead atoms. The topological polar surface area (TPSA) is 88.5 Å². The number of aromatic nitrogens is 1. The molecule has 0 aliphatic carbocycles. The van der Waals surface area contributed by atoms with Crippen molar-refractivity contribution >= 4 is 40.7 Å². The summed E-state index contributed by atoms with van der Waals surface area (Å²) >= 11 is 2.64. The summed E-state index contributed by atoms with van der Waals surface area (Å²) in [5, 5.41) is 13.9. The highest BCUT2D eigenvalue weighted by Crippen LogP contribution is 2.34. The van der Waals surface area contributed by atoms with E-state index in [4.69, 9.17) is 4.74 Å². The lowest BCUT2D eigenvalue weighted by Gasteiger charge is -2.15. The van der Waals surface area contributed by atoms with Crippen LogP contribution < -0.4 is 10.1 Å². The van der Waals surface area contributed by atoms with E-state index in [2.05, 4.69) is 10.3 Å². The highest BCUT2D eigenvalue weighted by atomic mass is 32.2. The Balaban J connectivity index is 1.47. The van der Waals surface area contributed by atoms with E-state index in [1.165, 1.54) is 47.4 Å². The smallest absolute Gasteiger partial charge is 0.319 e. The molecule has 31 heavy (non-hydrogen) atoms. The van der Waals surface area contributed by atoms with Crippen LogP contribution in [0.15, 0.2) is 58.3 Å². The van der Waals surface area contributed by atoms with Crippen LogP contribution in [-0.4, -0.2) is 33.3 Å². The Bertz CT molecular complexity index is 1050. The normalized spacial score (nSPS) is 11.2. The molecule has 0 aliphatic rings. The maximum atomic E-state index is 13.0. The Morgan fingerprint density at radius 3 is 2.48 bits per heavy atom. The van der Waals surface area contributed by atoms with Gasteiger partial charge < -0.3 is 15.2 Å². The third-order valence-electron chi connectivity index (χ3n) is 4.23. The summed E-state index contributed by atoms with van der Waals surface area (Å²) in [4.78, 5) is 27.8. The standard InChI is InChI=1S/C22H21FN2O4S2/c1-22(2,20(27)28)31-21-25-17(13-30-21)11-12-29-18-9-7-16(8-10-18)24-19(26)14-3-5-15(23)6-4-14/h3-10,13H,11-12H2,1-2H3,(H,24,26)(H,27,28). The number of anilines is 1. The lowest BCUT2D eigenvalue weighted by Crippen LogP contribution is -2.26. The number of amides is 1. The molecule has 162 valence electrons. The molecule has 9 heteroatoms. The summed E-state index contributed by atoms with van der Waals surface area (Å²) < 4.78 is 18.5. The molecule has 0 saturated heterocycles. The molecule has 1 heterocycles. The van der Waals surface area contributed by atoms with Gasteiger partial charge in [-0.05, 0) is 62.4 Å². The number of carboxylic acids is 1. The number of halogens is 1. The maximum Gasteiger partial charge on any atom is 0.319 e. The molecule has 3 rings (SSSR count). The summed E-state index contributed by atoms with van der Waals surface area (Å²) in [5.74, 6) is -0.946. The minimum absolute atomic E-state index is 0.322. The number of carboxylic acid groups (broad SMARTS) is 1. The number of thiazole rings is 1. The second-order valence-corrected chi connectivity index (χ2v) is 9.83. The van der Waals surface area contributed by atoms with Crippen molar-refractivity contribution in [3.8, 4) is 5.75 Å². The first-order valence-corrected chi connectivity index (χ1v) is 11.1. The van der Waals surface area contributed by atoms with Crippen LogP contribution in [-0.2, 0) is 11.2 Å². The fraction of sp³-hybridized carbons (Fsp3) is 0.227. The van der Waals surface area contributed by atoms with Gasteiger partial charge in [-0.1, -0.05) is 11.8 Å². The number of carbonyl (C=O) groups is 2. The number of nitrogens with one attached hydrogen (secondary N) is 1. The Morgan fingerprint density at radius 1 is 1.16 bits per heavy atom. The lowest BCUT2D eigenvalue weighted by molar-refractivity contribution is -0.138. The molecule has 2 aromatic carbocycles. The molecule has 0 radical (unpaired) electrons.